The fraction of sp³-hybridized carbons (Fsp3) is 1.00. The van der Waals surface area contributed by atoms with Gasteiger partial charge in [0.25, 0.3) is 0 Å². The maximum atomic E-state index is 10.6. The van der Waals surface area contributed by atoms with E-state index in [1.807, 2.05) is 0 Å². The van der Waals surface area contributed by atoms with E-state index in [0.717, 1.165) is 0 Å². The van der Waals surface area contributed by atoms with Crippen molar-refractivity contribution in [2.45, 2.75) is 59.3 Å². The van der Waals surface area contributed by atoms with Gasteiger partial charge in [0.15, 0.2) is 0 Å². The number of rotatable bonds is 8. The van der Waals surface area contributed by atoms with Gasteiger partial charge in [-0.15, -0.1) is 0 Å². The van der Waals surface area contributed by atoms with Crippen molar-refractivity contribution in [1.29, 1.82) is 0 Å². The lowest BCUT2D eigenvalue weighted by molar-refractivity contribution is 0.121. The molecule has 2 unspecified atom stereocenters. The van der Waals surface area contributed by atoms with E-state index in [2.05, 4.69) is 20.8 Å². The molecule has 13 heavy (non-hydrogen) atoms. The van der Waals surface area contributed by atoms with Crippen molar-refractivity contribution in [2.75, 3.05) is 6.61 Å². The summed E-state index contributed by atoms with van der Waals surface area (Å²) in [4.78, 5) is 0. The van der Waals surface area contributed by atoms with E-state index < -0.39 is 0 Å². The molecule has 0 aromatic rings. The molecule has 2 atom stereocenters. The van der Waals surface area contributed by atoms with Crippen molar-refractivity contribution < 1.29 is 5.11 Å². The summed E-state index contributed by atoms with van der Waals surface area (Å²) in [6, 6.07) is 0. The molecular formula is C12H25O. The van der Waals surface area contributed by atoms with Gasteiger partial charge < -0.3 is 0 Å². The lowest BCUT2D eigenvalue weighted by atomic mass is 9.91. The SMILES string of the molecule is CCCCCCCC(C)C(C)C[O]. The third-order valence-electron chi connectivity index (χ3n) is 3.00. The minimum Gasteiger partial charge on any atom is -0.236 e. The van der Waals surface area contributed by atoms with Crippen molar-refractivity contribution in [3.8, 4) is 0 Å². The Kier molecular flexibility index (Phi) is 8.53. The summed E-state index contributed by atoms with van der Waals surface area (Å²) in [7, 11) is 0. The molecule has 0 amide bonds. The molecule has 0 aliphatic carbocycles. The van der Waals surface area contributed by atoms with Crippen LogP contribution in [0.15, 0.2) is 0 Å². The summed E-state index contributed by atoms with van der Waals surface area (Å²) in [6.07, 6.45) is 7.95. The monoisotopic (exact) mass is 185 g/mol. The number of hydrogen-bond donors (Lipinski definition) is 0. The van der Waals surface area contributed by atoms with Gasteiger partial charge in [-0.3, -0.25) is 0 Å². The van der Waals surface area contributed by atoms with Crippen LogP contribution >= 0.6 is 0 Å². The summed E-state index contributed by atoms with van der Waals surface area (Å²) in [5.41, 5.74) is 0. The molecule has 0 aliphatic heterocycles. The van der Waals surface area contributed by atoms with E-state index >= 15 is 0 Å². The molecule has 1 radical (unpaired) electrons. The van der Waals surface area contributed by atoms with Crippen LogP contribution in [-0.4, -0.2) is 6.61 Å². The summed E-state index contributed by atoms with van der Waals surface area (Å²) in [6.45, 7) is 6.62. The minimum absolute atomic E-state index is 0.0934. The molecule has 0 heterocycles. The molecule has 0 fully saturated rings. The molecule has 0 rings (SSSR count). The summed E-state index contributed by atoms with van der Waals surface area (Å²) in [5, 5.41) is 10.6. The first-order chi connectivity index (χ1) is 6.22. The Morgan fingerprint density at radius 2 is 1.54 bits per heavy atom. The summed E-state index contributed by atoms with van der Waals surface area (Å²) >= 11 is 0. The summed E-state index contributed by atoms with van der Waals surface area (Å²) in [5.74, 6) is 0.991. The van der Waals surface area contributed by atoms with Crippen LogP contribution in [0.1, 0.15) is 59.3 Å². The van der Waals surface area contributed by atoms with Crippen molar-refractivity contribution >= 4 is 0 Å². The maximum absolute atomic E-state index is 10.6. The first-order valence-electron chi connectivity index (χ1n) is 5.80. The Labute approximate surface area is 83.5 Å². The fourth-order valence-electron chi connectivity index (χ4n) is 1.52. The maximum Gasteiger partial charge on any atom is 0.0850 e. The van der Waals surface area contributed by atoms with E-state index in [0.29, 0.717) is 11.8 Å². The van der Waals surface area contributed by atoms with E-state index in [4.69, 9.17) is 0 Å². The second-order valence-corrected chi connectivity index (χ2v) is 4.32. The van der Waals surface area contributed by atoms with Gasteiger partial charge in [-0.05, 0) is 11.8 Å². The average molecular weight is 185 g/mol. The third-order valence-corrected chi connectivity index (χ3v) is 3.00. The average Bonchev–Trinajstić information content (AvgIpc) is 2.16. The van der Waals surface area contributed by atoms with Gasteiger partial charge in [-0.2, -0.15) is 0 Å². The minimum atomic E-state index is 0.0934. The first-order valence-corrected chi connectivity index (χ1v) is 5.80. The Morgan fingerprint density at radius 3 is 2.08 bits per heavy atom. The standard InChI is InChI=1S/C12H25O/c1-4-5-6-7-8-9-11(2)12(3)10-13/h11-12H,4-10H2,1-3H3. The third kappa shape index (κ3) is 7.06. The summed E-state index contributed by atoms with van der Waals surface area (Å²) < 4.78 is 0. The molecule has 0 bridgehead atoms. The second kappa shape index (κ2) is 8.55. The fourth-order valence-corrected chi connectivity index (χ4v) is 1.52. The van der Waals surface area contributed by atoms with Gasteiger partial charge in [0.1, 0.15) is 0 Å². The zero-order chi connectivity index (χ0) is 10.1. The molecule has 1 heteroatoms. The second-order valence-electron chi connectivity index (χ2n) is 4.32. The number of hydrogen-bond acceptors (Lipinski definition) is 0. The quantitative estimate of drug-likeness (QED) is 0.508. The Bertz CT molecular complexity index is 101. The lowest BCUT2D eigenvalue weighted by Gasteiger charge is -2.16. The highest BCUT2D eigenvalue weighted by Gasteiger charge is 2.10. The Balaban J connectivity index is 3.21. The van der Waals surface area contributed by atoms with Crippen LogP contribution < -0.4 is 0 Å². The van der Waals surface area contributed by atoms with Crippen LogP contribution in [0.3, 0.4) is 0 Å². The van der Waals surface area contributed by atoms with E-state index in [-0.39, 0.29) is 6.61 Å². The zero-order valence-corrected chi connectivity index (χ0v) is 9.51. The highest BCUT2D eigenvalue weighted by Crippen LogP contribution is 2.18. The van der Waals surface area contributed by atoms with Crippen LogP contribution in [0.5, 0.6) is 0 Å². The van der Waals surface area contributed by atoms with Crippen molar-refractivity contribution in [3.05, 3.63) is 0 Å². The molecule has 79 valence electrons. The van der Waals surface area contributed by atoms with Crippen LogP contribution in [0.2, 0.25) is 0 Å². The van der Waals surface area contributed by atoms with Gasteiger partial charge in [-0.1, -0.05) is 59.3 Å². The van der Waals surface area contributed by atoms with E-state index in [9.17, 15) is 5.11 Å². The predicted octanol–water partition coefficient (Wildman–Crippen LogP) is 4.05. The molecule has 0 saturated carbocycles. The van der Waals surface area contributed by atoms with Crippen molar-refractivity contribution in [2.24, 2.45) is 11.8 Å². The van der Waals surface area contributed by atoms with Gasteiger partial charge in [-0.25, -0.2) is 5.11 Å². The van der Waals surface area contributed by atoms with Gasteiger partial charge in [0.05, 0.1) is 6.61 Å². The van der Waals surface area contributed by atoms with Crippen molar-refractivity contribution in [3.63, 3.8) is 0 Å². The molecular weight excluding hydrogens is 160 g/mol. The topological polar surface area (TPSA) is 19.9 Å². The highest BCUT2D eigenvalue weighted by atomic mass is 16.3. The molecule has 0 aliphatic rings. The van der Waals surface area contributed by atoms with Crippen molar-refractivity contribution in [1.82, 2.24) is 0 Å². The van der Waals surface area contributed by atoms with Crippen LogP contribution in [-0.2, 0) is 5.11 Å². The molecule has 0 aromatic carbocycles. The van der Waals surface area contributed by atoms with Crippen LogP contribution in [0.25, 0.3) is 0 Å². The van der Waals surface area contributed by atoms with Crippen LogP contribution in [0, 0.1) is 11.8 Å². The largest absolute Gasteiger partial charge is 0.236 e. The van der Waals surface area contributed by atoms with E-state index in [1.54, 1.807) is 0 Å². The zero-order valence-electron chi connectivity index (χ0n) is 9.51. The van der Waals surface area contributed by atoms with Gasteiger partial charge in [0.2, 0.25) is 0 Å². The molecule has 1 nitrogen and oxygen atoms in total. The first kappa shape index (κ1) is 13.0. The Hall–Kier alpha value is -0.0400. The molecule has 0 N–H and O–H groups in total. The van der Waals surface area contributed by atoms with Crippen LogP contribution in [0.4, 0.5) is 0 Å². The Morgan fingerprint density at radius 1 is 0.923 bits per heavy atom. The van der Waals surface area contributed by atoms with E-state index in [1.165, 1.54) is 38.5 Å². The molecule has 0 saturated heterocycles. The highest BCUT2D eigenvalue weighted by molar-refractivity contribution is 4.60. The molecule has 0 spiro atoms. The number of unbranched alkanes of at least 4 members (excludes halogenated alkanes) is 4. The molecule has 0 aromatic heterocycles. The van der Waals surface area contributed by atoms with Gasteiger partial charge >= 0.3 is 0 Å². The lowest BCUT2D eigenvalue weighted by Crippen LogP contribution is -2.11. The van der Waals surface area contributed by atoms with Gasteiger partial charge in [0, 0.05) is 0 Å². The predicted molar refractivity (Wildman–Crippen MR) is 57.3 cm³/mol. The smallest absolute Gasteiger partial charge is 0.0850 e. The normalized spacial score (nSPS) is 15.7.